The van der Waals surface area contributed by atoms with Crippen molar-refractivity contribution in [3.05, 3.63) is 35.1 Å². The minimum absolute atomic E-state index is 0.104. The van der Waals surface area contributed by atoms with E-state index in [9.17, 15) is 12.8 Å². The highest BCUT2D eigenvalue weighted by molar-refractivity contribution is 7.91. The molecule has 0 aromatic heterocycles. The van der Waals surface area contributed by atoms with Crippen LogP contribution >= 0.6 is 0 Å². The Morgan fingerprint density at radius 2 is 2.22 bits per heavy atom. The van der Waals surface area contributed by atoms with Gasteiger partial charge in [-0.2, -0.15) is 0 Å². The Morgan fingerprint density at radius 3 is 2.83 bits per heavy atom. The van der Waals surface area contributed by atoms with Crippen LogP contribution in [0.2, 0.25) is 0 Å². The van der Waals surface area contributed by atoms with Crippen LogP contribution in [0.25, 0.3) is 0 Å². The van der Waals surface area contributed by atoms with Gasteiger partial charge in [0.25, 0.3) is 0 Å². The molecule has 1 aromatic rings. The fourth-order valence-corrected chi connectivity index (χ4v) is 4.43. The Hall–Kier alpha value is -0.940. The molecule has 1 aliphatic rings. The van der Waals surface area contributed by atoms with Gasteiger partial charge in [0.15, 0.2) is 9.84 Å². The topological polar surface area (TPSA) is 60.2 Å². The molecule has 3 nitrogen and oxygen atoms in total. The van der Waals surface area contributed by atoms with Gasteiger partial charge in [0.05, 0.1) is 11.5 Å². The van der Waals surface area contributed by atoms with Gasteiger partial charge in [-0.05, 0) is 48.9 Å². The van der Waals surface area contributed by atoms with Crippen molar-refractivity contribution in [1.29, 1.82) is 0 Å². The molecule has 2 unspecified atom stereocenters. The van der Waals surface area contributed by atoms with E-state index in [1.165, 1.54) is 12.1 Å². The second-order valence-corrected chi connectivity index (χ2v) is 7.34. The first-order chi connectivity index (χ1) is 8.37. The summed E-state index contributed by atoms with van der Waals surface area (Å²) in [6, 6.07) is 4.27. The van der Waals surface area contributed by atoms with Gasteiger partial charge >= 0.3 is 0 Å². The minimum atomic E-state index is -2.87. The van der Waals surface area contributed by atoms with Gasteiger partial charge in [-0.1, -0.05) is 6.07 Å². The van der Waals surface area contributed by atoms with Crippen LogP contribution in [0, 0.1) is 18.7 Å². The van der Waals surface area contributed by atoms with Crippen molar-refractivity contribution in [2.24, 2.45) is 11.7 Å². The highest BCUT2D eigenvalue weighted by atomic mass is 32.2. The fraction of sp³-hybridized carbons (Fsp3) is 0.538. The molecule has 1 saturated heterocycles. The molecule has 1 fully saturated rings. The number of nitrogens with two attached hydrogens (primary N) is 1. The maximum absolute atomic E-state index is 13.2. The summed E-state index contributed by atoms with van der Waals surface area (Å²) in [5, 5.41) is 0. The molecule has 1 aliphatic heterocycles. The second-order valence-electron chi connectivity index (χ2n) is 5.11. The largest absolute Gasteiger partial charge is 0.324 e. The zero-order chi connectivity index (χ0) is 13.3. The van der Waals surface area contributed by atoms with E-state index in [2.05, 4.69) is 0 Å². The molecule has 5 heteroatoms. The minimum Gasteiger partial charge on any atom is -0.324 e. The molecule has 0 radical (unpaired) electrons. The van der Waals surface area contributed by atoms with Crippen molar-refractivity contribution >= 4 is 9.84 Å². The molecule has 0 aliphatic carbocycles. The highest BCUT2D eigenvalue weighted by Gasteiger charge is 2.29. The lowest BCUT2D eigenvalue weighted by Crippen LogP contribution is -2.17. The van der Waals surface area contributed by atoms with E-state index in [1.807, 2.05) is 6.92 Å². The molecule has 2 atom stereocenters. The van der Waals surface area contributed by atoms with Crippen molar-refractivity contribution in [3.63, 3.8) is 0 Å². The SMILES string of the molecule is Cc1ccc(F)cc1C(N)CC1CCS(=O)(=O)C1. The first-order valence-electron chi connectivity index (χ1n) is 6.09. The molecule has 1 heterocycles. The Bertz CT molecular complexity index is 542. The van der Waals surface area contributed by atoms with Gasteiger partial charge in [0.1, 0.15) is 5.82 Å². The Kier molecular flexibility index (Phi) is 3.73. The predicted molar refractivity (Wildman–Crippen MR) is 69.4 cm³/mol. The monoisotopic (exact) mass is 271 g/mol. The first kappa shape index (κ1) is 13.5. The van der Waals surface area contributed by atoms with Crippen LogP contribution in [0.1, 0.15) is 30.0 Å². The van der Waals surface area contributed by atoms with E-state index < -0.39 is 9.84 Å². The van der Waals surface area contributed by atoms with Gasteiger partial charge in [0, 0.05) is 6.04 Å². The standard InChI is InChI=1S/C13H18FNO2S/c1-9-2-3-11(14)7-12(9)13(15)6-10-4-5-18(16,17)8-10/h2-3,7,10,13H,4-6,8,15H2,1H3. The lowest BCUT2D eigenvalue weighted by molar-refractivity contribution is 0.478. The number of hydrogen-bond acceptors (Lipinski definition) is 3. The lowest BCUT2D eigenvalue weighted by Gasteiger charge is -2.18. The maximum Gasteiger partial charge on any atom is 0.150 e. The fourth-order valence-electron chi connectivity index (χ4n) is 2.55. The summed E-state index contributed by atoms with van der Waals surface area (Å²) >= 11 is 0. The third-order valence-corrected chi connectivity index (χ3v) is 5.39. The third-order valence-electron chi connectivity index (χ3n) is 3.55. The number of rotatable bonds is 3. The predicted octanol–water partition coefficient (Wildman–Crippen LogP) is 1.96. The van der Waals surface area contributed by atoms with E-state index in [-0.39, 0.29) is 29.3 Å². The molecule has 2 N–H and O–H groups in total. The maximum atomic E-state index is 13.2. The van der Waals surface area contributed by atoms with E-state index in [0.29, 0.717) is 12.8 Å². The third kappa shape index (κ3) is 3.09. The summed E-state index contributed by atoms with van der Waals surface area (Å²) in [6.07, 6.45) is 1.27. The van der Waals surface area contributed by atoms with Gasteiger partial charge in [-0.3, -0.25) is 0 Å². The number of halogens is 1. The summed E-state index contributed by atoms with van der Waals surface area (Å²) in [6.45, 7) is 1.89. The molecule has 2 rings (SSSR count). The van der Waals surface area contributed by atoms with E-state index in [1.54, 1.807) is 6.07 Å². The van der Waals surface area contributed by atoms with Crippen LogP contribution < -0.4 is 5.73 Å². The molecule has 0 bridgehead atoms. The summed E-state index contributed by atoms with van der Waals surface area (Å²) < 4.78 is 36.0. The summed E-state index contributed by atoms with van der Waals surface area (Å²) in [7, 11) is -2.87. The van der Waals surface area contributed by atoms with Crippen molar-refractivity contribution in [1.82, 2.24) is 0 Å². The van der Waals surface area contributed by atoms with Crippen LogP contribution in [-0.4, -0.2) is 19.9 Å². The smallest absolute Gasteiger partial charge is 0.150 e. The molecular weight excluding hydrogens is 253 g/mol. The van der Waals surface area contributed by atoms with Crippen LogP contribution in [-0.2, 0) is 9.84 Å². The van der Waals surface area contributed by atoms with Gasteiger partial charge in [-0.15, -0.1) is 0 Å². The first-order valence-corrected chi connectivity index (χ1v) is 7.91. The molecule has 0 saturated carbocycles. The highest BCUT2D eigenvalue weighted by Crippen LogP contribution is 2.29. The molecule has 1 aromatic carbocycles. The average molecular weight is 271 g/mol. The normalized spacial score (nSPS) is 24.1. The van der Waals surface area contributed by atoms with Gasteiger partial charge < -0.3 is 5.73 Å². The molecule has 0 amide bonds. The summed E-state index contributed by atoms with van der Waals surface area (Å²) in [5.74, 6) is 0.277. The van der Waals surface area contributed by atoms with Crippen molar-refractivity contribution in [2.45, 2.75) is 25.8 Å². The average Bonchev–Trinajstić information content (AvgIpc) is 2.61. The Labute approximate surface area is 107 Å². The van der Waals surface area contributed by atoms with Gasteiger partial charge in [0.2, 0.25) is 0 Å². The second kappa shape index (κ2) is 4.97. The van der Waals surface area contributed by atoms with E-state index in [4.69, 9.17) is 5.73 Å². The zero-order valence-corrected chi connectivity index (χ0v) is 11.2. The quantitative estimate of drug-likeness (QED) is 0.914. The lowest BCUT2D eigenvalue weighted by atomic mass is 9.92. The number of sulfone groups is 1. The van der Waals surface area contributed by atoms with Crippen molar-refractivity contribution in [2.75, 3.05) is 11.5 Å². The number of benzene rings is 1. The van der Waals surface area contributed by atoms with Crippen LogP contribution in [0.5, 0.6) is 0 Å². The number of hydrogen-bond donors (Lipinski definition) is 1. The number of aryl methyl sites for hydroxylation is 1. The van der Waals surface area contributed by atoms with Crippen LogP contribution in [0.4, 0.5) is 4.39 Å². The van der Waals surface area contributed by atoms with Crippen molar-refractivity contribution < 1.29 is 12.8 Å². The molecular formula is C13H18FNO2S. The summed E-state index contributed by atoms with van der Waals surface area (Å²) in [5.41, 5.74) is 7.80. The van der Waals surface area contributed by atoms with Gasteiger partial charge in [-0.25, -0.2) is 12.8 Å². The molecule has 18 heavy (non-hydrogen) atoms. The van der Waals surface area contributed by atoms with Crippen molar-refractivity contribution in [3.8, 4) is 0 Å². The zero-order valence-electron chi connectivity index (χ0n) is 10.4. The van der Waals surface area contributed by atoms with E-state index >= 15 is 0 Å². The molecule has 100 valence electrons. The van der Waals surface area contributed by atoms with Crippen LogP contribution in [0.15, 0.2) is 18.2 Å². The Balaban J connectivity index is 2.08. The molecule has 0 spiro atoms. The Morgan fingerprint density at radius 1 is 1.50 bits per heavy atom. The van der Waals surface area contributed by atoms with E-state index in [0.717, 1.165) is 11.1 Å². The summed E-state index contributed by atoms with van der Waals surface area (Å²) in [4.78, 5) is 0. The van der Waals surface area contributed by atoms with Crippen LogP contribution in [0.3, 0.4) is 0 Å².